The van der Waals surface area contributed by atoms with Gasteiger partial charge >= 0.3 is 0 Å². The van der Waals surface area contributed by atoms with Crippen molar-refractivity contribution in [3.05, 3.63) is 65.9 Å². The summed E-state index contributed by atoms with van der Waals surface area (Å²) in [6, 6.07) is 15.3. The molecule has 0 radical (unpaired) electrons. The number of aromatic nitrogens is 1. The van der Waals surface area contributed by atoms with Crippen molar-refractivity contribution in [2.24, 2.45) is 0 Å². The molecule has 0 aliphatic carbocycles. The first-order chi connectivity index (χ1) is 14.9. The highest BCUT2D eigenvalue weighted by atomic mass is 32.2. The van der Waals surface area contributed by atoms with Gasteiger partial charge in [0.05, 0.1) is 10.8 Å². The lowest BCUT2D eigenvalue weighted by molar-refractivity contribution is -0.131. The number of nitrogens with zero attached hydrogens (tertiary/aromatic N) is 3. The molecule has 2 aliphatic rings. The average Bonchev–Trinajstić information content (AvgIpc) is 3.22. The first-order valence-corrected chi connectivity index (χ1v) is 12.6. The number of para-hydroxylation sites is 1. The molecule has 1 amide bonds. The number of thioether (sulfide) groups is 1. The van der Waals surface area contributed by atoms with E-state index in [2.05, 4.69) is 17.1 Å². The maximum Gasteiger partial charge on any atom is 0.245 e. The van der Waals surface area contributed by atoms with E-state index in [0.717, 1.165) is 17.4 Å². The van der Waals surface area contributed by atoms with Crippen LogP contribution in [-0.4, -0.2) is 59.9 Å². The molecule has 0 N–H and O–H groups in total. The number of rotatable bonds is 3. The van der Waals surface area contributed by atoms with Crippen molar-refractivity contribution in [3.8, 4) is 0 Å². The van der Waals surface area contributed by atoms with Crippen molar-refractivity contribution in [1.82, 2.24) is 14.2 Å². The number of fused-ring (bicyclic) bond motifs is 2. The Morgan fingerprint density at radius 3 is 2.61 bits per heavy atom. The van der Waals surface area contributed by atoms with Crippen molar-refractivity contribution >= 4 is 38.6 Å². The molecule has 1 aromatic heterocycles. The number of aryl methyl sites for hydroxylation is 1. The van der Waals surface area contributed by atoms with Gasteiger partial charge in [-0.05, 0) is 42.7 Å². The lowest BCUT2D eigenvalue weighted by Crippen LogP contribution is -2.52. The fourth-order valence-electron chi connectivity index (χ4n) is 4.26. The van der Waals surface area contributed by atoms with Crippen molar-refractivity contribution in [3.63, 3.8) is 0 Å². The summed E-state index contributed by atoms with van der Waals surface area (Å²) >= 11 is 1.61. The number of amides is 1. The summed E-state index contributed by atoms with van der Waals surface area (Å²) < 4.78 is 28.2. The first kappa shape index (κ1) is 20.5. The number of sulfonamides is 1. The molecule has 3 aromatic rings. The van der Waals surface area contributed by atoms with Gasteiger partial charge in [-0.15, -0.1) is 11.8 Å². The van der Waals surface area contributed by atoms with Gasteiger partial charge in [-0.2, -0.15) is 4.31 Å². The molecule has 31 heavy (non-hydrogen) atoms. The van der Waals surface area contributed by atoms with Gasteiger partial charge in [0.15, 0.2) is 0 Å². The van der Waals surface area contributed by atoms with Crippen LogP contribution in [0, 0.1) is 6.92 Å². The van der Waals surface area contributed by atoms with Crippen LogP contribution in [0.2, 0.25) is 0 Å². The van der Waals surface area contributed by atoms with Gasteiger partial charge in [-0.3, -0.25) is 9.78 Å². The summed E-state index contributed by atoms with van der Waals surface area (Å²) in [6.45, 7) is 3.33. The van der Waals surface area contributed by atoms with Crippen molar-refractivity contribution in [2.75, 3.05) is 26.2 Å². The van der Waals surface area contributed by atoms with E-state index in [-0.39, 0.29) is 16.1 Å². The molecule has 3 heterocycles. The molecule has 5 rings (SSSR count). The predicted molar refractivity (Wildman–Crippen MR) is 122 cm³/mol. The van der Waals surface area contributed by atoms with E-state index in [1.54, 1.807) is 35.0 Å². The summed E-state index contributed by atoms with van der Waals surface area (Å²) in [7, 11) is -3.69. The van der Waals surface area contributed by atoms with Gasteiger partial charge in [0.25, 0.3) is 0 Å². The van der Waals surface area contributed by atoms with Gasteiger partial charge in [-0.1, -0.05) is 30.3 Å². The molecule has 1 fully saturated rings. The van der Waals surface area contributed by atoms with Crippen LogP contribution in [0.4, 0.5) is 0 Å². The SMILES string of the molecule is Cc1cnc2c(S(=O)(=O)N3CCN(C(=O)C4Cc5ccccc5S4)CC3)cccc2c1. The summed E-state index contributed by atoms with van der Waals surface area (Å²) in [6.07, 6.45) is 2.43. The fourth-order valence-corrected chi connectivity index (χ4v) is 7.13. The Balaban J connectivity index is 1.30. The molecule has 1 atom stereocenters. The molecule has 8 heteroatoms. The zero-order valence-corrected chi connectivity index (χ0v) is 18.8. The average molecular weight is 454 g/mol. The van der Waals surface area contributed by atoms with Crippen LogP contribution in [0.25, 0.3) is 10.9 Å². The number of pyridine rings is 1. The second-order valence-electron chi connectivity index (χ2n) is 7.99. The second-order valence-corrected chi connectivity index (χ2v) is 11.1. The lowest BCUT2D eigenvalue weighted by atomic mass is 10.1. The standard InChI is InChI=1S/C23H23N3O3S2/c1-16-13-18-6-4-8-21(22(18)24-15-16)31(28,29)26-11-9-25(10-12-26)23(27)20-14-17-5-2-3-7-19(17)30-20/h2-8,13,15,20H,9-12,14H2,1H3. The summed E-state index contributed by atoms with van der Waals surface area (Å²) in [5, 5.41) is 0.693. The molecule has 2 aliphatic heterocycles. The van der Waals surface area contributed by atoms with Crippen molar-refractivity contribution in [2.45, 2.75) is 28.4 Å². The third-order valence-corrected chi connectivity index (χ3v) is 9.14. The number of carbonyl (C=O) groups is 1. The minimum absolute atomic E-state index is 0.0977. The zero-order valence-electron chi connectivity index (χ0n) is 17.2. The van der Waals surface area contributed by atoms with E-state index in [1.807, 2.05) is 31.2 Å². The van der Waals surface area contributed by atoms with E-state index in [0.29, 0.717) is 31.7 Å². The van der Waals surface area contributed by atoms with E-state index >= 15 is 0 Å². The quantitative estimate of drug-likeness (QED) is 0.610. The third-order valence-electron chi connectivity index (χ3n) is 5.90. The van der Waals surface area contributed by atoms with Crippen molar-refractivity contribution in [1.29, 1.82) is 0 Å². The monoisotopic (exact) mass is 453 g/mol. The van der Waals surface area contributed by atoms with Crippen LogP contribution in [0.5, 0.6) is 0 Å². The lowest BCUT2D eigenvalue weighted by Gasteiger charge is -2.35. The van der Waals surface area contributed by atoms with Gasteiger partial charge in [0.1, 0.15) is 4.90 Å². The molecule has 0 spiro atoms. The molecular formula is C23H23N3O3S2. The summed E-state index contributed by atoms with van der Waals surface area (Å²) in [4.78, 5) is 20.6. The van der Waals surface area contributed by atoms with E-state index in [4.69, 9.17) is 0 Å². The van der Waals surface area contributed by atoms with Crippen LogP contribution in [0.15, 0.2) is 64.5 Å². The molecule has 0 bridgehead atoms. The Bertz CT molecular complexity index is 1240. The summed E-state index contributed by atoms with van der Waals surface area (Å²) in [5.41, 5.74) is 2.69. The number of hydrogen-bond acceptors (Lipinski definition) is 5. The maximum absolute atomic E-state index is 13.3. The van der Waals surface area contributed by atoms with Gasteiger partial charge in [-0.25, -0.2) is 8.42 Å². The van der Waals surface area contributed by atoms with Crippen LogP contribution >= 0.6 is 11.8 Å². The van der Waals surface area contributed by atoms with Crippen LogP contribution in [-0.2, 0) is 21.2 Å². The topological polar surface area (TPSA) is 70.6 Å². The predicted octanol–water partition coefficient (Wildman–Crippen LogP) is 3.09. The van der Waals surface area contributed by atoms with E-state index in [9.17, 15) is 13.2 Å². The molecule has 1 saturated heterocycles. The minimum atomic E-state index is -3.69. The van der Waals surface area contributed by atoms with Crippen molar-refractivity contribution < 1.29 is 13.2 Å². The number of piperazine rings is 1. The number of hydrogen-bond donors (Lipinski definition) is 0. The Morgan fingerprint density at radius 1 is 1.06 bits per heavy atom. The Kier molecular flexibility index (Phi) is 5.24. The molecule has 1 unspecified atom stereocenters. The van der Waals surface area contributed by atoms with Crippen LogP contribution < -0.4 is 0 Å². The van der Waals surface area contributed by atoms with Crippen LogP contribution in [0.3, 0.4) is 0 Å². The molecule has 2 aromatic carbocycles. The Labute approximate surface area is 186 Å². The minimum Gasteiger partial charge on any atom is -0.339 e. The normalized spacial score (nSPS) is 19.5. The van der Waals surface area contributed by atoms with E-state index < -0.39 is 10.0 Å². The largest absolute Gasteiger partial charge is 0.339 e. The smallest absolute Gasteiger partial charge is 0.245 e. The van der Waals surface area contributed by atoms with Gasteiger partial charge in [0, 0.05) is 42.7 Å². The number of carbonyl (C=O) groups excluding carboxylic acids is 1. The molecular weight excluding hydrogens is 430 g/mol. The Hall–Kier alpha value is -2.42. The molecule has 160 valence electrons. The maximum atomic E-state index is 13.3. The third kappa shape index (κ3) is 3.73. The second kappa shape index (κ2) is 7.93. The highest BCUT2D eigenvalue weighted by Gasteiger charge is 2.35. The number of benzene rings is 2. The highest BCUT2D eigenvalue weighted by molar-refractivity contribution is 8.01. The van der Waals surface area contributed by atoms with E-state index in [1.165, 1.54) is 14.8 Å². The summed E-state index contributed by atoms with van der Waals surface area (Å²) in [5.74, 6) is 0.0977. The van der Waals surface area contributed by atoms with Gasteiger partial charge in [0.2, 0.25) is 15.9 Å². The van der Waals surface area contributed by atoms with Crippen LogP contribution in [0.1, 0.15) is 11.1 Å². The van der Waals surface area contributed by atoms with Gasteiger partial charge < -0.3 is 4.90 Å². The molecule has 6 nitrogen and oxygen atoms in total. The zero-order chi connectivity index (χ0) is 21.6. The first-order valence-electron chi connectivity index (χ1n) is 10.3. The Morgan fingerprint density at radius 2 is 1.84 bits per heavy atom. The highest BCUT2D eigenvalue weighted by Crippen LogP contribution is 2.37. The molecule has 0 saturated carbocycles. The fraction of sp³-hybridized carbons (Fsp3) is 0.304.